The van der Waals surface area contributed by atoms with Crippen LogP contribution < -0.4 is 0 Å². The Balaban J connectivity index is 2.95. The van der Waals surface area contributed by atoms with Gasteiger partial charge in [-0.3, -0.25) is 0 Å². The molecule has 1 N–H and O–H groups in total. The number of aliphatic hydroxyl groups is 1. The number of sulfonamides is 1. The highest BCUT2D eigenvalue weighted by molar-refractivity contribution is 9.10. The molecular formula is C11H15BrFNO3S. The van der Waals surface area contributed by atoms with Crippen molar-refractivity contribution >= 4 is 26.0 Å². The van der Waals surface area contributed by atoms with Gasteiger partial charge in [-0.15, -0.1) is 0 Å². The van der Waals surface area contributed by atoms with Crippen LogP contribution in [0.1, 0.15) is 13.3 Å². The Hall–Kier alpha value is -0.500. The van der Waals surface area contributed by atoms with Crippen molar-refractivity contribution in [3.63, 3.8) is 0 Å². The van der Waals surface area contributed by atoms with E-state index in [1.54, 1.807) is 6.92 Å². The van der Waals surface area contributed by atoms with Crippen molar-refractivity contribution in [3.8, 4) is 0 Å². The minimum atomic E-state index is -3.71. The van der Waals surface area contributed by atoms with E-state index in [2.05, 4.69) is 15.9 Å². The predicted octanol–water partition coefficient (Wildman–Crippen LogP) is 1.98. The molecule has 0 bridgehead atoms. The van der Waals surface area contributed by atoms with Gasteiger partial charge in [0.25, 0.3) is 0 Å². The summed E-state index contributed by atoms with van der Waals surface area (Å²) in [5.74, 6) is -0.625. The zero-order valence-electron chi connectivity index (χ0n) is 10.1. The topological polar surface area (TPSA) is 57.6 Å². The molecule has 0 saturated carbocycles. The van der Waals surface area contributed by atoms with Gasteiger partial charge in [0.15, 0.2) is 0 Å². The Bertz CT molecular complexity index is 519. The molecule has 0 heterocycles. The van der Waals surface area contributed by atoms with E-state index in [1.807, 2.05) is 0 Å². The smallest absolute Gasteiger partial charge is 0.242 e. The molecule has 0 aliphatic heterocycles. The fraction of sp³-hybridized carbons (Fsp3) is 0.455. The lowest BCUT2D eigenvalue weighted by Crippen LogP contribution is -2.29. The molecular weight excluding hydrogens is 325 g/mol. The number of halogens is 2. The van der Waals surface area contributed by atoms with Crippen LogP contribution in [-0.2, 0) is 10.0 Å². The molecule has 18 heavy (non-hydrogen) atoms. The van der Waals surface area contributed by atoms with Crippen molar-refractivity contribution in [2.75, 3.05) is 13.6 Å². The third-order valence-electron chi connectivity index (χ3n) is 2.46. The van der Waals surface area contributed by atoms with Crippen LogP contribution in [-0.4, -0.2) is 37.5 Å². The van der Waals surface area contributed by atoms with Gasteiger partial charge < -0.3 is 5.11 Å². The molecule has 0 aliphatic carbocycles. The number of rotatable bonds is 5. The molecule has 1 aromatic rings. The second-order valence-electron chi connectivity index (χ2n) is 4.04. The Labute approximate surface area is 115 Å². The minimum Gasteiger partial charge on any atom is -0.393 e. The lowest BCUT2D eigenvalue weighted by atomic mass is 10.3. The van der Waals surface area contributed by atoms with Gasteiger partial charge in [-0.05, 0) is 47.5 Å². The van der Waals surface area contributed by atoms with Gasteiger partial charge in [0.05, 0.1) is 15.5 Å². The summed E-state index contributed by atoms with van der Waals surface area (Å²) in [6.07, 6.45) is -0.251. The van der Waals surface area contributed by atoms with E-state index >= 15 is 0 Å². The quantitative estimate of drug-likeness (QED) is 0.892. The van der Waals surface area contributed by atoms with Crippen LogP contribution >= 0.6 is 15.9 Å². The van der Waals surface area contributed by atoms with Gasteiger partial charge >= 0.3 is 0 Å². The molecule has 7 heteroatoms. The summed E-state index contributed by atoms with van der Waals surface area (Å²) in [7, 11) is -2.31. The van der Waals surface area contributed by atoms with Crippen LogP contribution in [0.15, 0.2) is 27.6 Å². The maximum Gasteiger partial charge on any atom is 0.242 e. The Morgan fingerprint density at radius 1 is 1.50 bits per heavy atom. The first-order chi connectivity index (χ1) is 8.25. The monoisotopic (exact) mass is 339 g/mol. The van der Waals surface area contributed by atoms with Crippen molar-refractivity contribution in [1.82, 2.24) is 4.31 Å². The highest BCUT2D eigenvalue weighted by Gasteiger charge is 2.21. The summed E-state index contributed by atoms with van der Waals surface area (Å²) in [5, 5.41) is 9.13. The number of hydrogen-bond donors (Lipinski definition) is 1. The molecule has 102 valence electrons. The maximum atomic E-state index is 13.3. The van der Waals surface area contributed by atoms with Crippen LogP contribution in [0.25, 0.3) is 0 Å². The lowest BCUT2D eigenvalue weighted by molar-refractivity contribution is 0.177. The second kappa shape index (κ2) is 6.10. The first-order valence-electron chi connectivity index (χ1n) is 5.34. The van der Waals surface area contributed by atoms with E-state index in [0.717, 1.165) is 10.4 Å². The van der Waals surface area contributed by atoms with Crippen molar-refractivity contribution < 1.29 is 17.9 Å². The summed E-state index contributed by atoms with van der Waals surface area (Å²) in [6.45, 7) is 1.76. The van der Waals surface area contributed by atoms with E-state index < -0.39 is 21.9 Å². The summed E-state index contributed by atoms with van der Waals surface area (Å²) in [6, 6.07) is 3.66. The van der Waals surface area contributed by atoms with Crippen LogP contribution in [0.4, 0.5) is 4.39 Å². The van der Waals surface area contributed by atoms with E-state index in [4.69, 9.17) is 5.11 Å². The average molecular weight is 340 g/mol. The molecule has 1 atom stereocenters. The van der Waals surface area contributed by atoms with Crippen LogP contribution in [0.3, 0.4) is 0 Å². The number of hydrogen-bond acceptors (Lipinski definition) is 3. The zero-order chi connectivity index (χ0) is 13.9. The molecule has 0 fully saturated rings. The van der Waals surface area contributed by atoms with E-state index in [0.29, 0.717) is 6.42 Å². The SMILES string of the molecule is CC(O)CCN(C)S(=O)(=O)c1ccc(Br)c(F)c1. The number of benzene rings is 1. The molecule has 0 radical (unpaired) electrons. The fourth-order valence-electron chi connectivity index (χ4n) is 1.31. The number of nitrogens with zero attached hydrogens (tertiary/aromatic N) is 1. The second-order valence-corrected chi connectivity index (χ2v) is 6.94. The van der Waals surface area contributed by atoms with Crippen LogP contribution in [0.5, 0.6) is 0 Å². The van der Waals surface area contributed by atoms with E-state index in [1.165, 1.54) is 19.2 Å². The molecule has 4 nitrogen and oxygen atoms in total. The van der Waals surface area contributed by atoms with Crippen molar-refractivity contribution in [1.29, 1.82) is 0 Å². The van der Waals surface area contributed by atoms with E-state index in [9.17, 15) is 12.8 Å². The van der Waals surface area contributed by atoms with E-state index in [-0.39, 0.29) is 15.9 Å². The summed E-state index contributed by atoms with van der Waals surface area (Å²) < 4.78 is 38.8. The van der Waals surface area contributed by atoms with Gasteiger partial charge in [-0.1, -0.05) is 0 Å². The molecule has 0 saturated heterocycles. The summed E-state index contributed by atoms with van der Waals surface area (Å²) in [4.78, 5) is -0.101. The van der Waals surface area contributed by atoms with Crippen LogP contribution in [0.2, 0.25) is 0 Å². The van der Waals surface area contributed by atoms with Crippen molar-refractivity contribution in [2.24, 2.45) is 0 Å². The Morgan fingerprint density at radius 2 is 2.11 bits per heavy atom. The van der Waals surface area contributed by atoms with Gasteiger partial charge in [0, 0.05) is 13.6 Å². The largest absolute Gasteiger partial charge is 0.393 e. The molecule has 0 aromatic heterocycles. The summed E-state index contributed by atoms with van der Waals surface area (Å²) in [5.41, 5.74) is 0. The molecule has 1 aromatic carbocycles. The van der Waals surface area contributed by atoms with Crippen LogP contribution in [0, 0.1) is 5.82 Å². The lowest BCUT2D eigenvalue weighted by Gasteiger charge is -2.18. The molecule has 1 unspecified atom stereocenters. The standard InChI is InChI=1S/C11H15BrFNO3S/c1-8(15)5-6-14(2)18(16,17)9-3-4-10(12)11(13)7-9/h3-4,7-8,15H,5-6H2,1-2H3. The summed E-state index contributed by atoms with van der Waals surface area (Å²) >= 11 is 2.97. The van der Waals surface area contributed by atoms with Crippen molar-refractivity contribution in [3.05, 3.63) is 28.5 Å². The third-order valence-corrected chi connectivity index (χ3v) is 4.96. The van der Waals surface area contributed by atoms with Gasteiger partial charge in [-0.25, -0.2) is 17.1 Å². The van der Waals surface area contributed by atoms with Gasteiger partial charge in [-0.2, -0.15) is 0 Å². The zero-order valence-corrected chi connectivity index (χ0v) is 12.5. The Morgan fingerprint density at radius 3 is 2.61 bits per heavy atom. The first-order valence-corrected chi connectivity index (χ1v) is 7.58. The molecule has 0 aliphatic rings. The molecule has 0 amide bonds. The highest BCUT2D eigenvalue weighted by atomic mass is 79.9. The van der Waals surface area contributed by atoms with Gasteiger partial charge in [0.1, 0.15) is 5.82 Å². The maximum absolute atomic E-state index is 13.3. The molecule has 0 spiro atoms. The average Bonchev–Trinajstić information content (AvgIpc) is 2.29. The molecule has 1 rings (SSSR count). The highest BCUT2D eigenvalue weighted by Crippen LogP contribution is 2.21. The Kier molecular flexibility index (Phi) is 5.27. The number of aliphatic hydroxyl groups excluding tert-OH is 1. The first kappa shape index (κ1) is 15.6. The third kappa shape index (κ3) is 3.74. The van der Waals surface area contributed by atoms with Gasteiger partial charge in [0.2, 0.25) is 10.0 Å². The normalized spacial score (nSPS) is 13.9. The predicted molar refractivity (Wildman–Crippen MR) is 70.2 cm³/mol. The fourth-order valence-corrected chi connectivity index (χ4v) is 2.75. The minimum absolute atomic E-state index is 0.101. The van der Waals surface area contributed by atoms with Crippen molar-refractivity contribution in [2.45, 2.75) is 24.3 Å².